The number of rotatable bonds is 7. The minimum atomic E-state index is -3.47. The van der Waals surface area contributed by atoms with Gasteiger partial charge in [-0.3, -0.25) is 0 Å². The highest BCUT2D eigenvalue weighted by atomic mass is 32.2. The molecule has 0 unspecified atom stereocenters. The number of H-pyrrole nitrogens is 1. The van der Waals surface area contributed by atoms with Gasteiger partial charge >= 0.3 is 0 Å². The molecule has 0 atom stereocenters. The van der Waals surface area contributed by atoms with Crippen LogP contribution in [0.4, 0.5) is 0 Å². The topological polar surface area (TPSA) is 83.9 Å². The molecule has 9 heteroatoms. The first kappa shape index (κ1) is 18.0. The van der Waals surface area contributed by atoms with Crippen molar-refractivity contribution in [1.29, 1.82) is 0 Å². The van der Waals surface area contributed by atoms with E-state index in [9.17, 15) is 8.42 Å². The number of sulfonamides is 1. The van der Waals surface area contributed by atoms with Crippen molar-refractivity contribution in [3.8, 4) is 0 Å². The maximum Gasteiger partial charge on any atom is 0.243 e. The Hall–Kier alpha value is -1.84. The van der Waals surface area contributed by atoms with E-state index in [2.05, 4.69) is 15.0 Å². The van der Waals surface area contributed by atoms with Gasteiger partial charge < -0.3 is 9.55 Å². The highest BCUT2D eigenvalue weighted by Gasteiger charge is 2.22. The van der Waals surface area contributed by atoms with Gasteiger partial charge in [0, 0.05) is 32.5 Å². The van der Waals surface area contributed by atoms with Crippen LogP contribution in [0.2, 0.25) is 0 Å². The molecule has 0 spiro atoms. The number of benzene rings is 1. The van der Waals surface area contributed by atoms with E-state index in [1.54, 1.807) is 36.2 Å². The number of aromatic nitrogens is 4. The third-order valence-corrected chi connectivity index (χ3v) is 7.08. The summed E-state index contributed by atoms with van der Waals surface area (Å²) in [4.78, 5) is 12.3. The van der Waals surface area contributed by atoms with Crippen molar-refractivity contribution in [3.05, 3.63) is 36.4 Å². The lowest BCUT2D eigenvalue weighted by Crippen LogP contribution is -2.30. The molecule has 0 saturated heterocycles. The fourth-order valence-electron chi connectivity index (χ4n) is 2.61. The Balaban J connectivity index is 1.85. The van der Waals surface area contributed by atoms with Crippen molar-refractivity contribution in [2.45, 2.75) is 29.7 Å². The Bertz CT molecular complexity index is 973. The van der Waals surface area contributed by atoms with E-state index in [1.165, 1.54) is 4.31 Å². The van der Waals surface area contributed by atoms with Gasteiger partial charge in [0.05, 0.1) is 21.7 Å². The highest BCUT2D eigenvalue weighted by Crippen LogP contribution is 2.23. The molecular formula is C16H21N5O2S2. The molecule has 3 rings (SSSR count). The second-order valence-electron chi connectivity index (χ2n) is 5.56. The maximum atomic E-state index is 12.6. The van der Waals surface area contributed by atoms with Gasteiger partial charge in [-0.2, -0.15) is 4.31 Å². The average molecular weight is 380 g/mol. The number of hydrogen-bond donors (Lipinski definition) is 1. The lowest BCUT2D eigenvalue weighted by molar-refractivity contribution is 0.445. The van der Waals surface area contributed by atoms with Crippen LogP contribution in [0.5, 0.6) is 0 Å². The number of aryl methyl sites for hydroxylation is 1. The summed E-state index contributed by atoms with van der Waals surface area (Å²) in [5.74, 6) is 1.43. The molecule has 3 aromatic rings. The minimum absolute atomic E-state index is 0.288. The summed E-state index contributed by atoms with van der Waals surface area (Å²) in [5, 5.41) is 0.908. The lowest BCUT2D eigenvalue weighted by atomic mass is 10.3. The van der Waals surface area contributed by atoms with E-state index in [1.807, 2.05) is 31.7 Å². The highest BCUT2D eigenvalue weighted by molar-refractivity contribution is 7.98. The third kappa shape index (κ3) is 3.58. The Morgan fingerprint density at radius 1 is 1.28 bits per heavy atom. The van der Waals surface area contributed by atoms with E-state index >= 15 is 0 Å². The fraction of sp³-hybridized carbons (Fsp3) is 0.375. The van der Waals surface area contributed by atoms with Crippen LogP contribution in [0, 0.1) is 0 Å². The number of thioether (sulfide) groups is 1. The zero-order valence-electron chi connectivity index (χ0n) is 14.4. The van der Waals surface area contributed by atoms with Gasteiger partial charge in [0.2, 0.25) is 10.0 Å². The van der Waals surface area contributed by atoms with Gasteiger partial charge in [-0.05, 0) is 18.2 Å². The van der Waals surface area contributed by atoms with Crippen LogP contribution in [-0.4, -0.2) is 45.3 Å². The van der Waals surface area contributed by atoms with Gasteiger partial charge in [0.15, 0.2) is 5.16 Å². The largest absolute Gasteiger partial charge is 0.341 e. The van der Waals surface area contributed by atoms with Crippen LogP contribution in [0.15, 0.2) is 40.6 Å². The lowest BCUT2D eigenvalue weighted by Gasteiger charge is -2.18. The van der Waals surface area contributed by atoms with E-state index in [0.29, 0.717) is 18.8 Å². The van der Waals surface area contributed by atoms with Crippen molar-refractivity contribution < 1.29 is 8.42 Å². The molecule has 0 aliphatic rings. The predicted molar refractivity (Wildman–Crippen MR) is 99.0 cm³/mol. The van der Waals surface area contributed by atoms with Crippen molar-refractivity contribution in [3.63, 3.8) is 0 Å². The molecule has 0 amide bonds. The molecule has 134 valence electrons. The Labute approximate surface area is 151 Å². The number of hydrogen-bond acceptors (Lipinski definition) is 5. The zero-order valence-corrected chi connectivity index (χ0v) is 16.1. The molecule has 1 aromatic carbocycles. The molecule has 2 aromatic heterocycles. The number of fused-ring (bicyclic) bond motifs is 1. The van der Waals surface area contributed by atoms with E-state index in [-0.39, 0.29) is 4.90 Å². The molecule has 0 radical (unpaired) electrons. The van der Waals surface area contributed by atoms with Crippen molar-refractivity contribution in [1.82, 2.24) is 23.8 Å². The molecule has 0 fully saturated rings. The molecule has 7 nitrogen and oxygen atoms in total. The molecule has 0 saturated carbocycles. The monoisotopic (exact) mass is 379 g/mol. The molecule has 0 aliphatic carbocycles. The van der Waals surface area contributed by atoms with Crippen LogP contribution in [0.3, 0.4) is 0 Å². The first-order chi connectivity index (χ1) is 12.0. The van der Waals surface area contributed by atoms with Crippen molar-refractivity contribution in [2.24, 2.45) is 7.05 Å². The second kappa shape index (κ2) is 7.19. The fourth-order valence-corrected chi connectivity index (χ4v) is 4.89. The van der Waals surface area contributed by atoms with E-state index < -0.39 is 10.0 Å². The molecule has 0 aliphatic heterocycles. The Morgan fingerprint density at radius 2 is 2.04 bits per heavy atom. The first-order valence-electron chi connectivity index (χ1n) is 8.04. The molecular weight excluding hydrogens is 358 g/mol. The SMILES string of the molecule is CCN(CC)S(=O)(=O)c1ccc2nc(CSc3nccn3C)[nH]c2c1. The summed E-state index contributed by atoms with van der Waals surface area (Å²) >= 11 is 1.58. The van der Waals surface area contributed by atoms with Crippen LogP contribution >= 0.6 is 11.8 Å². The van der Waals surface area contributed by atoms with Gasteiger partial charge in [-0.1, -0.05) is 25.6 Å². The third-order valence-electron chi connectivity index (χ3n) is 3.96. The number of nitrogens with zero attached hydrogens (tertiary/aromatic N) is 4. The summed E-state index contributed by atoms with van der Waals surface area (Å²) in [6.07, 6.45) is 3.65. The molecule has 1 N–H and O–H groups in total. The predicted octanol–water partition coefficient (Wildman–Crippen LogP) is 2.62. The van der Waals surface area contributed by atoms with Crippen LogP contribution in [-0.2, 0) is 22.8 Å². The zero-order chi connectivity index (χ0) is 18.0. The summed E-state index contributed by atoms with van der Waals surface area (Å²) in [6, 6.07) is 5.02. The van der Waals surface area contributed by atoms with Gasteiger partial charge in [-0.25, -0.2) is 18.4 Å². The number of nitrogens with one attached hydrogen (secondary N) is 1. The smallest absolute Gasteiger partial charge is 0.243 e. The van der Waals surface area contributed by atoms with Gasteiger partial charge in [-0.15, -0.1) is 0 Å². The molecule has 25 heavy (non-hydrogen) atoms. The first-order valence-corrected chi connectivity index (χ1v) is 10.5. The van der Waals surface area contributed by atoms with Crippen molar-refractivity contribution in [2.75, 3.05) is 13.1 Å². The molecule has 2 heterocycles. The number of aromatic amines is 1. The average Bonchev–Trinajstić information content (AvgIpc) is 3.18. The van der Waals surface area contributed by atoms with Gasteiger partial charge in [0.25, 0.3) is 0 Å². The Kier molecular flexibility index (Phi) is 5.16. The summed E-state index contributed by atoms with van der Waals surface area (Å²) in [5.41, 5.74) is 1.48. The van der Waals surface area contributed by atoms with Crippen molar-refractivity contribution >= 4 is 32.8 Å². The van der Waals surface area contributed by atoms with Crippen LogP contribution in [0.1, 0.15) is 19.7 Å². The summed E-state index contributed by atoms with van der Waals surface area (Å²) in [7, 11) is -1.53. The van der Waals surface area contributed by atoms with Gasteiger partial charge in [0.1, 0.15) is 5.82 Å². The maximum absolute atomic E-state index is 12.6. The van der Waals surface area contributed by atoms with Crippen LogP contribution < -0.4 is 0 Å². The standard InChI is InChI=1S/C16H21N5O2S2/c1-4-21(5-2)25(22,23)12-6-7-13-14(10-12)19-15(18-13)11-24-16-17-8-9-20(16)3/h6-10H,4-5,11H2,1-3H3,(H,18,19). The molecule has 0 bridgehead atoms. The minimum Gasteiger partial charge on any atom is -0.341 e. The van der Waals surface area contributed by atoms with E-state index in [0.717, 1.165) is 22.0 Å². The van der Waals surface area contributed by atoms with Crippen LogP contribution in [0.25, 0.3) is 11.0 Å². The Morgan fingerprint density at radius 3 is 2.68 bits per heavy atom. The summed E-state index contributed by atoms with van der Waals surface area (Å²) < 4.78 is 28.7. The van der Waals surface area contributed by atoms with E-state index in [4.69, 9.17) is 0 Å². The second-order valence-corrected chi connectivity index (χ2v) is 8.44. The summed E-state index contributed by atoms with van der Waals surface area (Å²) in [6.45, 7) is 4.57. The quantitative estimate of drug-likeness (QED) is 0.638. The number of imidazole rings is 2. The normalized spacial score (nSPS) is 12.3.